The van der Waals surface area contributed by atoms with Crippen molar-refractivity contribution in [3.63, 3.8) is 0 Å². The Morgan fingerprint density at radius 2 is 2.10 bits per heavy atom. The highest BCUT2D eigenvalue weighted by Crippen LogP contribution is 2.10. The number of rotatable bonds is 4. The molecule has 6 heteroatoms. The first-order valence-corrected chi connectivity index (χ1v) is 6.22. The van der Waals surface area contributed by atoms with E-state index in [0.29, 0.717) is 24.4 Å². The van der Waals surface area contributed by atoms with Crippen LogP contribution in [0.5, 0.6) is 0 Å². The van der Waals surface area contributed by atoms with Gasteiger partial charge in [-0.1, -0.05) is 17.3 Å². The summed E-state index contributed by atoms with van der Waals surface area (Å²) in [5.41, 5.74) is 2.48. The van der Waals surface area contributed by atoms with Crippen LogP contribution in [-0.4, -0.2) is 27.6 Å². The molecule has 0 aliphatic heterocycles. The zero-order valence-electron chi connectivity index (χ0n) is 11.3. The van der Waals surface area contributed by atoms with E-state index >= 15 is 0 Å². The molecule has 0 aliphatic rings. The minimum atomic E-state index is -0.462. The minimum Gasteiger partial charge on any atom is -0.461 e. The van der Waals surface area contributed by atoms with Crippen LogP contribution in [-0.2, 0) is 11.3 Å². The molecule has 0 unspecified atom stereocenters. The van der Waals surface area contributed by atoms with E-state index in [1.165, 1.54) is 0 Å². The van der Waals surface area contributed by atoms with Crippen LogP contribution in [0.15, 0.2) is 24.3 Å². The monoisotopic (exact) mass is 270 g/mol. The second-order valence-electron chi connectivity index (χ2n) is 4.21. The maximum Gasteiger partial charge on any atom is 0.360 e. The van der Waals surface area contributed by atoms with Gasteiger partial charge in [0.05, 0.1) is 30.5 Å². The third kappa shape index (κ3) is 2.83. The van der Waals surface area contributed by atoms with Crippen molar-refractivity contribution in [1.82, 2.24) is 15.0 Å². The summed E-state index contributed by atoms with van der Waals surface area (Å²) in [7, 11) is 0. The molecule has 0 saturated carbocycles. The van der Waals surface area contributed by atoms with Crippen molar-refractivity contribution in [3.8, 4) is 6.07 Å². The van der Waals surface area contributed by atoms with Crippen molar-refractivity contribution in [2.45, 2.75) is 20.4 Å². The Bertz CT molecular complexity index is 653. The maximum atomic E-state index is 11.6. The van der Waals surface area contributed by atoms with Crippen LogP contribution in [0, 0.1) is 18.3 Å². The van der Waals surface area contributed by atoms with E-state index in [-0.39, 0.29) is 5.69 Å². The summed E-state index contributed by atoms with van der Waals surface area (Å²) < 4.78 is 6.54. The zero-order valence-corrected chi connectivity index (χ0v) is 11.3. The lowest BCUT2D eigenvalue weighted by Crippen LogP contribution is -2.08. The smallest absolute Gasteiger partial charge is 0.360 e. The van der Waals surface area contributed by atoms with Crippen LogP contribution >= 0.6 is 0 Å². The van der Waals surface area contributed by atoms with E-state index in [9.17, 15) is 4.79 Å². The third-order valence-corrected chi connectivity index (χ3v) is 2.87. The molecule has 0 bridgehead atoms. The van der Waals surface area contributed by atoms with Gasteiger partial charge >= 0.3 is 5.97 Å². The molecule has 2 aromatic rings. The molecule has 1 aromatic heterocycles. The number of aromatic nitrogens is 3. The summed E-state index contributed by atoms with van der Waals surface area (Å²) in [5.74, 6) is -0.462. The molecule has 0 radical (unpaired) electrons. The molecular formula is C14H14N4O2. The molecule has 1 heterocycles. The number of carbonyl (C=O) groups is 1. The van der Waals surface area contributed by atoms with Crippen molar-refractivity contribution in [1.29, 1.82) is 5.26 Å². The van der Waals surface area contributed by atoms with Gasteiger partial charge in [0.1, 0.15) is 0 Å². The predicted octanol–water partition coefficient (Wildman–Crippen LogP) is 1.68. The first-order valence-electron chi connectivity index (χ1n) is 6.22. The first-order chi connectivity index (χ1) is 9.65. The van der Waals surface area contributed by atoms with E-state index in [4.69, 9.17) is 10.00 Å². The highest BCUT2D eigenvalue weighted by atomic mass is 16.5. The predicted molar refractivity (Wildman–Crippen MR) is 71.0 cm³/mol. The number of nitrogens with zero attached hydrogens (tertiary/aromatic N) is 4. The van der Waals surface area contributed by atoms with Gasteiger partial charge in [-0.15, -0.1) is 5.10 Å². The van der Waals surface area contributed by atoms with E-state index in [1.54, 1.807) is 30.7 Å². The quantitative estimate of drug-likeness (QED) is 0.789. The van der Waals surface area contributed by atoms with Crippen molar-refractivity contribution in [2.75, 3.05) is 6.61 Å². The van der Waals surface area contributed by atoms with Crippen LogP contribution < -0.4 is 0 Å². The molecule has 0 fully saturated rings. The summed E-state index contributed by atoms with van der Waals surface area (Å²) in [6.45, 7) is 4.31. The zero-order chi connectivity index (χ0) is 14.5. The fourth-order valence-corrected chi connectivity index (χ4v) is 1.76. The number of nitriles is 1. The number of esters is 1. The van der Waals surface area contributed by atoms with Crippen molar-refractivity contribution < 1.29 is 9.53 Å². The third-order valence-electron chi connectivity index (χ3n) is 2.87. The molecule has 2 rings (SSSR count). The van der Waals surface area contributed by atoms with E-state index in [0.717, 1.165) is 5.56 Å². The second kappa shape index (κ2) is 5.97. The van der Waals surface area contributed by atoms with Crippen molar-refractivity contribution in [2.24, 2.45) is 0 Å². The average Bonchev–Trinajstić information content (AvgIpc) is 2.81. The van der Waals surface area contributed by atoms with E-state index in [1.807, 2.05) is 12.1 Å². The Labute approximate surface area is 116 Å². The Morgan fingerprint density at radius 1 is 1.40 bits per heavy atom. The lowest BCUT2D eigenvalue weighted by Gasteiger charge is -2.04. The summed E-state index contributed by atoms with van der Waals surface area (Å²) >= 11 is 0. The summed E-state index contributed by atoms with van der Waals surface area (Å²) in [6, 6.07) is 9.26. The van der Waals surface area contributed by atoms with Gasteiger partial charge in [-0.2, -0.15) is 5.26 Å². The molecule has 0 saturated heterocycles. The molecule has 20 heavy (non-hydrogen) atoms. The summed E-state index contributed by atoms with van der Waals surface area (Å²) in [6.07, 6.45) is 0. The van der Waals surface area contributed by atoms with Crippen molar-refractivity contribution >= 4 is 5.97 Å². The molecule has 0 amide bonds. The SMILES string of the molecule is CCOC(=O)c1nnn(Cc2ccc(C#N)cc2)c1C. The Balaban J connectivity index is 2.18. The van der Waals surface area contributed by atoms with Gasteiger partial charge < -0.3 is 4.74 Å². The number of benzene rings is 1. The lowest BCUT2D eigenvalue weighted by atomic mass is 10.1. The van der Waals surface area contributed by atoms with Gasteiger partial charge in [0.15, 0.2) is 5.69 Å². The topological polar surface area (TPSA) is 80.8 Å². The number of hydrogen-bond donors (Lipinski definition) is 0. The largest absolute Gasteiger partial charge is 0.461 e. The minimum absolute atomic E-state index is 0.237. The van der Waals surface area contributed by atoms with Crippen LogP contribution in [0.2, 0.25) is 0 Å². The van der Waals surface area contributed by atoms with Crippen LogP contribution in [0.25, 0.3) is 0 Å². The van der Waals surface area contributed by atoms with Gasteiger partial charge in [0.2, 0.25) is 0 Å². The number of ether oxygens (including phenoxy) is 1. The van der Waals surface area contributed by atoms with Gasteiger partial charge in [-0.05, 0) is 31.5 Å². The molecule has 0 spiro atoms. The fraction of sp³-hybridized carbons (Fsp3) is 0.286. The second-order valence-corrected chi connectivity index (χ2v) is 4.21. The Morgan fingerprint density at radius 3 is 2.70 bits per heavy atom. The van der Waals surface area contributed by atoms with Crippen LogP contribution in [0.3, 0.4) is 0 Å². The summed E-state index contributed by atoms with van der Waals surface area (Å²) in [4.78, 5) is 11.6. The molecule has 0 atom stereocenters. The first kappa shape index (κ1) is 13.7. The maximum absolute atomic E-state index is 11.6. The molecule has 6 nitrogen and oxygen atoms in total. The van der Waals surface area contributed by atoms with E-state index < -0.39 is 5.97 Å². The Kier molecular flexibility index (Phi) is 4.11. The average molecular weight is 270 g/mol. The van der Waals surface area contributed by atoms with Gasteiger partial charge in [0.25, 0.3) is 0 Å². The molecular weight excluding hydrogens is 256 g/mol. The standard InChI is InChI=1S/C14H14N4O2/c1-3-20-14(19)13-10(2)18(17-16-13)9-12-6-4-11(8-15)5-7-12/h4-7H,3,9H2,1-2H3. The highest BCUT2D eigenvalue weighted by Gasteiger charge is 2.17. The normalized spacial score (nSPS) is 10.1. The van der Waals surface area contributed by atoms with Crippen LogP contribution in [0.1, 0.15) is 34.2 Å². The lowest BCUT2D eigenvalue weighted by molar-refractivity contribution is 0.0518. The summed E-state index contributed by atoms with van der Waals surface area (Å²) in [5, 5.41) is 16.6. The van der Waals surface area contributed by atoms with Gasteiger partial charge in [-0.25, -0.2) is 9.48 Å². The molecule has 0 N–H and O–H groups in total. The van der Waals surface area contributed by atoms with Crippen LogP contribution in [0.4, 0.5) is 0 Å². The van der Waals surface area contributed by atoms with Gasteiger partial charge in [0, 0.05) is 0 Å². The van der Waals surface area contributed by atoms with Crippen molar-refractivity contribution in [3.05, 3.63) is 46.8 Å². The van der Waals surface area contributed by atoms with Gasteiger partial charge in [-0.3, -0.25) is 0 Å². The number of carbonyl (C=O) groups excluding carboxylic acids is 1. The molecule has 1 aromatic carbocycles. The van der Waals surface area contributed by atoms with E-state index in [2.05, 4.69) is 16.4 Å². The molecule has 102 valence electrons. The molecule has 0 aliphatic carbocycles. The Hall–Kier alpha value is -2.68. The fourth-order valence-electron chi connectivity index (χ4n) is 1.76. The highest BCUT2D eigenvalue weighted by molar-refractivity contribution is 5.88. The number of hydrogen-bond acceptors (Lipinski definition) is 5.